The molecule has 4 aromatic rings. The summed E-state index contributed by atoms with van der Waals surface area (Å²) in [5.41, 5.74) is 2.42. The Bertz CT molecular complexity index is 1290. The molecule has 4 rings (SSSR count). The predicted molar refractivity (Wildman–Crippen MR) is 104 cm³/mol. The first-order chi connectivity index (χ1) is 13.3. The smallest absolute Gasteiger partial charge is 0.355 e. The lowest BCUT2D eigenvalue weighted by Gasteiger charge is -2.02. The van der Waals surface area contributed by atoms with Crippen molar-refractivity contribution < 1.29 is 18.3 Å². The number of fused-ring (bicyclic) bond motifs is 1. The summed E-state index contributed by atoms with van der Waals surface area (Å²) in [5.74, 6) is -1.09. The number of nitrogens with zero attached hydrogens (tertiary/aromatic N) is 3. The summed E-state index contributed by atoms with van der Waals surface area (Å²) in [4.78, 5) is 15.3. The Labute approximate surface area is 163 Å². The molecule has 0 fully saturated rings. The van der Waals surface area contributed by atoms with Gasteiger partial charge in [-0.15, -0.1) is 11.3 Å². The number of nitrogens with two attached hydrogens (primary N) is 1. The van der Waals surface area contributed by atoms with Crippen LogP contribution < -0.4 is 5.14 Å². The molecule has 2 heterocycles. The van der Waals surface area contributed by atoms with Gasteiger partial charge in [0, 0.05) is 17.2 Å². The van der Waals surface area contributed by atoms with Crippen LogP contribution in [0.3, 0.4) is 0 Å². The fourth-order valence-electron chi connectivity index (χ4n) is 2.86. The van der Waals surface area contributed by atoms with Gasteiger partial charge in [0.25, 0.3) is 0 Å². The quantitative estimate of drug-likeness (QED) is 0.516. The molecule has 142 valence electrons. The van der Waals surface area contributed by atoms with E-state index in [9.17, 15) is 13.2 Å². The first kappa shape index (κ1) is 18.3. The molecule has 10 heteroatoms. The number of thiazole rings is 1. The third kappa shape index (κ3) is 3.40. The lowest BCUT2D eigenvalue weighted by atomic mass is 10.1. The number of hydrogen-bond acceptors (Lipinski definition) is 6. The molecule has 0 aliphatic carbocycles. The molecule has 0 aliphatic rings. The van der Waals surface area contributed by atoms with Gasteiger partial charge >= 0.3 is 5.97 Å². The van der Waals surface area contributed by atoms with E-state index in [1.807, 2.05) is 24.3 Å². The number of carboxylic acids is 1. The highest BCUT2D eigenvalue weighted by Crippen LogP contribution is 2.26. The monoisotopic (exact) mass is 414 g/mol. The van der Waals surface area contributed by atoms with E-state index in [0.29, 0.717) is 11.6 Å². The maximum atomic E-state index is 11.4. The SMILES string of the molecule is NS(=O)(=O)c1ccc(Cc2nn(-c3nc(C(=O)O)cs3)c3ccccc23)cc1. The molecule has 2 aromatic carbocycles. The van der Waals surface area contributed by atoms with Crippen LogP contribution >= 0.6 is 11.3 Å². The number of primary sulfonamides is 1. The van der Waals surface area contributed by atoms with E-state index in [4.69, 9.17) is 10.2 Å². The molecule has 2 aromatic heterocycles. The Kier molecular flexibility index (Phi) is 4.46. The second kappa shape index (κ2) is 6.82. The van der Waals surface area contributed by atoms with E-state index in [1.165, 1.54) is 28.8 Å². The van der Waals surface area contributed by atoms with Crippen molar-refractivity contribution in [3.63, 3.8) is 0 Å². The van der Waals surface area contributed by atoms with Crippen molar-refractivity contribution in [1.29, 1.82) is 0 Å². The van der Waals surface area contributed by atoms with Crippen LogP contribution in [0.1, 0.15) is 21.7 Å². The van der Waals surface area contributed by atoms with Gasteiger partial charge in [-0.2, -0.15) is 5.10 Å². The largest absolute Gasteiger partial charge is 0.476 e. The van der Waals surface area contributed by atoms with Gasteiger partial charge in [0.05, 0.1) is 16.1 Å². The molecule has 0 spiro atoms. The summed E-state index contributed by atoms with van der Waals surface area (Å²) in [5, 5.41) is 21.7. The van der Waals surface area contributed by atoms with Crippen LogP contribution in [0.5, 0.6) is 0 Å². The van der Waals surface area contributed by atoms with E-state index in [1.54, 1.807) is 16.8 Å². The number of benzene rings is 2. The summed E-state index contributed by atoms with van der Waals surface area (Å²) in [6.07, 6.45) is 0.468. The topological polar surface area (TPSA) is 128 Å². The summed E-state index contributed by atoms with van der Waals surface area (Å²) in [6.45, 7) is 0. The predicted octanol–water partition coefficient (Wildman–Crippen LogP) is 2.42. The second-order valence-corrected chi connectivity index (χ2v) is 8.46. The molecule has 0 aliphatic heterocycles. The highest BCUT2D eigenvalue weighted by molar-refractivity contribution is 7.89. The second-order valence-electron chi connectivity index (χ2n) is 6.06. The van der Waals surface area contributed by atoms with Gasteiger partial charge < -0.3 is 5.11 Å². The number of sulfonamides is 1. The van der Waals surface area contributed by atoms with E-state index >= 15 is 0 Å². The summed E-state index contributed by atoms with van der Waals surface area (Å²) in [7, 11) is -3.74. The van der Waals surface area contributed by atoms with Gasteiger partial charge in [-0.05, 0) is 23.8 Å². The van der Waals surface area contributed by atoms with Crippen LogP contribution in [-0.2, 0) is 16.4 Å². The maximum absolute atomic E-state index is 11.4. The van der Waals surface area contributed by atoms with Crippen molar-refractivity contribution in [3.8, 4) is 5.13 Å². The average molecular weight is 414 g/mol. The molecule has 3 N–H and O–H groups in total. The van der Waals surface area contributed by atoms with Crippen molar-refractivity contribution in [2.75, 3.05) is 0 Å². The molecule has 0 saturated heterocycles. The van der Waals surface area contributed by atoms with Gasteiger partial charge in [0.1, 0.15) is 0 Å². The first-order valence-electron chi connectivity index (χ1n) is 8.10. The molecule has 0 amide bonds. The lowest BCUT2D eigenvalue weighted by molar-refractivity contribution is 0.0691. The minimum Gasteiger partial charge on any atom is -0.476 e. The Morgan fingerprint density at radius 3 is 2.50 bits per heavy atom. The van der Waals surface area contributed by atoms with Gasteiger partial charge in [0.15, 0.2) is 5.69 Å². The van der Waals surface area contributed by atoms with Crippen LogP contribution in [0.15, 0.2) is 58.8 Å². The number of aromatic nitrogens is 3. The molecule has 28 heavy (non-hydrogen) atoms. The van der Waals surface area contributed by atoms with E-state index in [2.05, 4.69) is 10.1 Å². The van der Waals surface area contributed by atoms with Crippen molar-refractivity contribution in [2.45, 2.75) is 11.3 Å². The van der Waals surface area contributed by atoms with E-state index in [-0.39, 0.29) is 10.6 Å². The third-order valence-corrected chi connectivity index (χ3v) is 5.93. The van der Waals surface area contributed by atoms with Crippen LogP contribution in [0.4, 0.5) is 0 Å². The number of hydrogen-bond donors (Lipinski definition) is 2. The zero-order chi connectivity index (χ0) is 19.9. The van der Waals surface area contributed by atoms with Gasteiger partial charge in [-0.25, -0.2) is 28.0 Å². The van der Waals surface area contributed by atoms with Crippen molar-refractivity contribution in [1.82, 2.24) is 14.8 Å². The zero-order valence-electron chi connectivity index (χ0n) is 14.3. The molecular weight excluding hydrogens is 400 g/mol. The van der Waals surface area contributed by atoms with Crippen molar-refractivity contribution in [2.24, 2.45) is 5.14 Å². The normalized spacial score (nSPS) is 11.8. The number of para-hydroxylation sites is 1. The standard InChI is InChI=1S/C18H14N4O4S2/c19-28(25,26)12-7-5-11(6-8-12)9-14-13-3-1-2-4-16(13)22(21-14)18-20-15(10-27-18)17(23)24/h1-8,10H,9H2,(H,23,24)(H2,19,25,26). The van der Waals surface area contributed by atoms with Gasteiger partial charge in [-0.3, -0.25) is 0 Å². The zero-order valence-corrected chi connectivity index (χ0v) is 15.9. The van der Waals surface area contributed by atoms with E-state index < -0.39 is 16.0 Å². The average Bonchev–Trinajstić information content (AvgIpc) is 3.27. The molecule has 0 atom stereocenters. The van der Waals surface area contributed by atoms with Crippen molar-refractivity contribution in [3.05, 3.63) is 70.9 Å². The Morgan fingerprint density at radius 2 is 1.86 bits per heavy atom. The third-order valence-electron chi connectivity index (χ3n) is 4.18. The van der Waals surface area contributed by atoms with Gasteiger partial charge in [0.2, 0.25) is 15.2 Å². The van der Waals surface area contributed by atoms with Crippen LogP contribution in [0.25, 0.3) is 16.0 Å². The van der Waals surface area contributed by atoms with E-state index in [0.717, 1.165) is 22.2 Å². The Morgan fingerprint density at radius 1 is 1.14 bits per heavy atom. The summed E-state index contributed by atoms with van der Waals surface area (Å²) >= 11 is 1.20. The highest BCUT2D eigenvalue weighted by Gasteiger charge is 2.16. The number of carbonyl (C=O) groups is 1. The Balaban J connectivity index is 1.75. The molecule has 8 nitrogen and oxygen atoms in total. The molecule has 0 unspecified atom stereocenters. The fraction of sp³-hybridized carbons (Fsp3) is 0.0556. The molecule has 0 bridgehead atoms. The van der Waals surface area contributed by atoms with Gasteiger partial charge in [-0.1, -0.05) is 30.3 Å². The maximum Gasteiger partial charge on any atom is 0.355 e. The van der Waals surface area contributed by atoms with Crippen LogP contribution in [-0.4, -0.2) is 34.3 Å². The number of rotatable bonds is 5. The summed E-state index contributed by atoms with van der Waals surface area (Å²) < 4.78 is 24.4. The summed E-state index contributed by atoms with van der Waals surface area (Å²) in [6, 6.07) is 13.9. The van der Waals surface area contributed by atoms with Crippen LogP contribution in [0, 0.1) is 0 Å². The molecule has 0 saturated carbocycles. The van der Waals surface area contributed by atoms with Crippen LogP contribution in [0.2, 0.25) is 0 Å². The number of carboxylic acid groups (broad SMARTS) is 1. The fourth-order valence-corrected chi connectivity index (χ4v) is 4.13. The highest BCUT2D eigenvalue weighted by atomic mass is 32.2. The first-order valence-corrected chi connectivity index (χ1v) is 10.5. The lowest BCUT2D eigenvalue weighted by Crippen LogP contribution is -2.11. The minimum atomic E-state index is -3.74. The minimum absolute atomic E-state index is 0.0280. The molecular formula is C18H14N4O4S2. The van der Waals surface area contributed by atoms with Crippen molar-refractivity contribution >= 4 is 38.2 Å². The molecule has 0 radical (unpaired) electrons. The number of aromatic carboxylic acids is 1. The Hall–Kier alpha value is -3.08.